The summed E-state index contributed by atoms with van der Waals surface area (Å²) in [6.45, 7) is 3.88. The zero-order valence-electron chi connectivity index (χ0n) is 15.2. The first kappa shape index (κ1) is 19.3. The molecule has 0 saturated heterocycles. The van der Waals surface area contributed by atoms with Gasteiger partial charge in [-0.15, -0.1) is 0 Å². The molecule has 0 unspecified atom stereocenters. The zero-order chi connectivity index (χ0) is 19.6. The summed E-state index contributed by atoms with van der Waals surface area (Å²) in [6, 6.07) is 12.2. The highest BCUT2D eigenvalue weighted by atomic mass is 35.5. The van der Waals surface area contributed by atoms with Crippen molar-refractivity contribution >= 4 is 28.9 Å². The van der Waals surface area contributed by atoms with Gasteiger partial charge < -0.3 is 4.74 Å². The van der Waals surface area contributed by atoms with Gasteiger partial charge in [-0.05, 0) is 55.2 Å². The standard InChI is InChI=1S/C22H20ClFO3/c1-3-27-22(26)21-17(15-8-9-19(24)18(23)11-15)10-16(12-20(21)25)14-6-4-13(2)5-7-14/h4-9,11-12,17,21H,3,10H2,1-2H3/t17-,21+/m0/s1. The van der Waals surface area contributed by atoms with Crippen molar-refractivity contribution in [2.75, 3.05) is 6.61 Å². The Labute approximate surface area is 162 Å². The Morgan fingerprint density at radius 2 is 1.93 bits per heavy atom. The van der Waals surface area contributed by atoms with Crippen LogP contribution in [-0.4, -0.2) is 18.4 Å². The smallest absolute Gasteiger partial charge is 0.317 e. The lowest BCUT2D eigenvalue weighted by Crippen LogP contribution is -2.34. The molecule has 27 heavy (non-hydrogen) atoms. The Morgan fingerprint density at radius 3 is 2.56 bits per heavy atom. The van der Waals surface area contributed by atoms with E-state index >= 15 is 0 Å². The van der Waals surface area contributed by atoms with E-state index in [4.69, 9.17) is 16.3 Å². The predicted octanol–water partition coefficient (Wildman–Crippen LogP) is 5.11. The average Bonchev–Trinajstić information content (AvgIpc) is 2.64. The van der Waals surface area contributed by atoms with Crippen LogP contribution in [0.15, 0.2) is 48.5 Å². The Hall–Kier alpha value is -2.46. The highest BCUT2D eigenvalue weighted by molar-refractivity contribution is 6.30. The van der Waals surface area contributed by atoms with Crippen molar-refractivity contribution < 1.29 is 18.7 Å². The molecule has 0 radical (unpaired) electrons. The fourth-order valence-corrected chi connectivity index (χ4v) is 3.60. The average molecular weight is 387 g/mol. The van der Waals surface area contributed by atoms with Crippen molar-refractivity contribution in [3.63, 3.8) is 0 Å². The highest BCUT2D eigenvalue weighted by Crippen LogP contribution is 2.41. The lowest BCUT2D eigenvalue weighted by Gasteiger charge is -2.29. The number of ether oxygens (including phenoxy) is 1. The third kappa shape index (κ3) is 4.11. The molecule has 2 aromatic carbocycles. The molecule has 0 fully saturated rings. The van der Waals surface area contributed by atoms with Crippen LogP contribution in [0.4, 0.5) is 4.39 Å². The van der Waals surface area contributed by atoms with E-state index in [2.05, 4.69) is 0 Å². The number of carbonyl (C=O) groups excluding carboxylic acids is 2. The summed E-state index contributed by atoms with van der Waals surface area (Å²) in [6.07, 6.45) is 1.98. The van der Waals surface area contributed by atoms with Crippen molar-refractivity contribution in [2.24, 2.45) is 5.92 Å². The summed E-state index contributed by atoms with van der Waals surface area (Å²) in [4.78, 5) is 25.3. The largest absolute Gasteiger partial charge is 0.465 e. The van der Waals surface area contributed by atoms with Crippen LogP contribution in [0.3, 0.4) is 0 Å². The fraction of sp³-hybridized carbons (Fsp3) is 0.273. The van der Waals surface area contributed by atoms with Gasteiger partial charge in [0, 0.05) is 5.92 Å². The molecule has 1 aliphatic rings. The van der Waals surface area contributed by atoms with E-state index < -0.39 is 23.6 Å². The van der Waals surface area contributed by atoms with Gasteiger partial charge in [0.25, 0.3) is 0 Å². The quantitative estimate of drug-likeness (QED) is 0.542. The highest BCUT2D eigenvalue weighted by Gasteiger charge is 2.39. The number of aryl methyl sites for hydroxylation is 1. The Kier molecular flexibility index (Phi) is 5.76. The molecule has 3 rings (SSSR count). The van der Waals surface area contributed by atoms with E-state index in [1.165, 1.54) is 18.2 Å². The van der Waals surface area contributed by atoms with Crippen LogP contribution in [0.5, 0.6) is 0 Å². The molecule has 0 aliphatic heterocycles. The number of ketones is 1. The predicted molar refractivity (Wildman–Crippen MR) is 103 cm³/mol. The van der Waals surface area contributed by atoms with E-state index in [1.807, 2.05) is 31.2 Å². The second-order valence-electron chi connectivity index (χ2n) is 6.65. The molecule has 0 aromatic heterocycles. The Morgan fingerprint density at radius 1 is 1.22 bits per heavy atom. The number of hydrogen-bond donors (Lipinski definition) is 0. The van der Waals surface area contributed by atoms with Crippen LogP contribution in [0.1, 0.15) is 36.0 Å². The summed E-state index contributed by atoms with van der Waals surface area (Å²) in [5.41, 5.74) is 3.53. The van der Waals surface area contributed by atoms with Crippen molar-refractivity contribution in [3.05, 3.63) is 76.1 Å². The van der Waals surface area contributed by atoms with Gasteiger partial charge in [0.1, 0.15) is 11.7 Å². The molecule has 0 spiro atoms. The fourth-order valence-electron chi connectivity index (χ4n) is 3.41. The third-order valence-corrected chi connectivity index (χ3v) is 5.09. The maximum Gasteiger partial charge on any atom is 0.317 e. The lowest BCUT2D eigenvalue weighted by molar-refractivity contribution is -0.151. The molecule has 0 amide bonds. The van der Waals surface area contributed by atoms with E-state index in [-0.39, 0.29) is 17.4 Å². The van der Waals surface area contributed by atoms with Crippen LogP contribution in [0.2, 0.25) is 5.02 Å². The summed E-state index contributed by atoms with van der Waals surface area (Å²) in [5, 5.41) is -0.0333. The van der Waals surface area contributed by atoms with Crippen LogP contribution in [-0.2, 0) is 14.3 Å². The van der Waals surface area contributed by atoms with Gasteiger partial charge in [0.2, 0.25) is 0 Å². The molecule has 140 valence electrons. The second kappa shape index (κ2) is 8.05. The van der Waals surface area contributed by atoms with Gasteiger partial charge in [-0.1, -0.05) is 47.5 Å². The first-order valence-electron chi connectivity index (χ1n) is 8.83. The molecule has 1 aliphatic carbocycles. The summed E-state index contributed by atoms with van der Waals surface area (Å²) in [7, 11) is 0. The number of carbonyl (C=O) groups is 2. The number of benzene rings is 2. The molecule has 0 bridgehead atoms. The van der Waals surface area contributed by atoms with Gasteiger partial charge in [0.05, 0.1) is 11.6 Å². The first-order chi connectivity index (χ1) is 12.9. The number of allylic oxidation sites excluding steroid dienone is 2. The normalized spacial score (nSPS) is 19.6. The molecule has 5 heteroatoms. The van der Waals surface area contributed by atoms with Gasteiger partial charge in [-0.2, -0.15) is 0 Å². The second-order valence-corrected chi connectivity index (χ2v) is 7.06. The van der Waals surface area contributed by atoms with Gasteiger partial charge in [-0.3, -0.25) is 9.59 Å². The number of hydrogen-bond acceptors (Lipinski definition) is 3. The monoisotopic (exact) mass is 386 g/mol. The summed E-state index contributed by atoms with van der Waals surface area (Å²) in [5.74, 6) is -2.82. The van der Waals surface area contributed by atoms with Crippen LogP contribution in [0.25, 0.3) is 5.57 Å². The van der Waals surface area contributed by atoms with Crippen LogP contribution in [0, 0.1) is 18.7 Å². The molecule has 0 saturated carbocycles. The van der Waals surface area contributed by atoms with E-state index in [9.17, 15) is 14.0 Å². The van der Waals surface area contributed by atoms with Gasteiger partial charge >= 0.3 is 5.97 Å². The minimum absolute atomic E-state index is 0.0333. The number of esters is 1. The third-order valence-electron chi connectivity index (χ3n) is 4.80. The molecule has 0 N–H and O–H groups in total. The van der Waals surface area contributed by atoms with Crippen molar-refractivity contribution in [3.8, 4) is 0 Å². The molecule has 0 heterocycles. The lowest BCUT2D eigenvalue weighted by atomic mass is 9.73. The Balaban J connectivity index is 2.04. The van der Waals surface area contributed by atoms with Crippen molar-refractivity contribution in [2.45, 2.75) is 26.2 Å². The van der Waals surface area contributed by atoms with E-state index in [1.54, 1.807) is 13.0 Å². The summed E-state index contributed by atoms with van der Waals surface area (Å²) >= 11 is 5.94. The maximum absolute atomic E-state index is 13.6. The molecular weight excluding hydrogens is 367 g/mol. The summed E-state index contributed by atoms with van der Waals surface area (Å²) < 4.78 is 18.7. The minimum Gasteiger partial charge on any atom is -0.465 e. The number of rotatable bonds is 4. The van der Waals surface area contributed by atoms with E-state index in [0.29, 0.717) is 12.0 Å². The zero-order valence-corrected chi connectivity index (χ0v) is 15.9. The minimum atomic E-state index is -0.958. The topological polar surface area (TPSA) is 43.4 Å². The van der Waals surface area contributed by atoms with Crippen LogP contribution < -0.4 is 0 Å². The maximum atomic E-state index is 13.6. The molecule has 2 atom stereocenters. The SMILES string of the molecule is CCOC(=O)[C@H]1C(=O)C=C(c2ccc(C)cc2)C[C@H]1c1ccc(F)c(Cl)c1. The molecule has 2 aromatic rings. The molecule has 3 nitrogen and oxygen atoms in total. The number of halogens is 2. The Bertz CT molecular complexity index is 902. The van der Waals surface area contributed by atoms with Crippen LogP contribution >= 0.6 is 11.6 Å². The molecular formula is C22H20ClFO3. The van der Waals surface area contributed by atoms with Crippen molar-refractivity contribution in [1.29, 1.82) is 0 Å². The van der Waals surface area contributed by atoms with Gasteiger partial charge in [0.15, 0.2) is 5.78 Å². The van der Waals surface area contributed by atoms with Gasteiger partial charge in [-0.25, -0.2) is 4.39 Å². The van der Waals surface area contributed by atoms with E-state index in [0.717, 1.165) is 16.7 Å². The first-order valence-corrected chi connectivity index (χ1v) is 9.21. The van der Waals surface area contributed by atoms with Crippen molar-refractivity contribution in [1.82, 2.24) is 0 Å².